The summed E-state index contributed by atoms with van der Waals surface area (Å²) >= 11 is 6.25. The predicted molar refractivity (Wildman–Crippen MR) is 137 cm³/mol. The van der Waals surface area contributed by atoms with Gasteiger partial charge in [-0.25, -0.2) is 8.42 Å². The molecule has 2 aromatic carbocycles. The van der Waals surface area contributed by atoms with Gasteiger partial charge in [-0.05, 0) is 61.9 Å². The third kappa shape index (κ3) is 6.95. The number of sulfone groups is 1. The van der Waals surface area contributed by atoms with Crippen LogP contribution in [0.3, 0.4) is 0 Å². The summed E-state index contributed by atoms with van der Waals surface area (Å²) < 4.78 is 52.8. The summed E-state index contributed by atoms with van der Waals surface area (Å²) in [5.41, 5.74) is 5.00. The van der Waals surface area contributed by atoms with Crippen molar-refractivity contribution in [1.82, 2.24) is 9.97 Å². The second-order valence-corrected chi connectivity index (χ2v) is 11.6. The Bertz CT molecular complexity index is 1540. The van der Waals surface area contributed by atoms with Gasteiger partial charge in [0.25, 0.3) is 10.1 Å². The van der Waals surface area contributed by atoms with Gasteiger partial charge in [-0.15, -0.1) is 0 Å². The fourth-order valence-corrected chi connectivity index (χ4v) is 4.38. The lowest BCUT2D eigenvalue weighted by Gasteiger charge is -2.12. The third-order valence-corrected chi connectivity index (χ3v) is 7.38. The Labute approximate surface area is 210 Å². The number of aromatic nitrogens is 2. The van der Waals surface area contributed by atoms with E-state index in [1.165, 1.54) is 18.4 Å². The van der Waals surface area contributed by atoms with Gasteiger partial charge in [-0.3, -0.25) is 14.5 Å². The smallest absolute Gasteiger partial charge is 0.282 e. The average molecular weight is 531 g/mol. The van der Waals surface area contributed by atoms with Crippen LogP contribution >= 0.6 is 11.6 Å². The van der Waals surface area contributed by atoms with E-state index in [0.717, 1.165) is 33.6 Å². The summed E-state index contributed by atoms with van der Waals surface area (Å²) in [4.78, 5) is 8.95. The summed E-state index contributed by atoms with van der Waals surface area (Å²) in [6, 6.07) is 18.3. The molecule has 0 bridgehead atoms. The first-order valence-electron chi connectivity index (χ1n) is 10.3. The summed E-state index contributed by atoms with van der Waals surface area (Å²) in [7, 11) is -7.25. The highest BCUT2D eigenvalue weighted by Crippen LogP contribution is 2.34. The van der Waals surface area contributed by atoms with Gasteiger partial charge in [-0.1, -0.05) is 41.4 Å². The van der Waals surface area contributed by atoms with Crippen LogP contribution in [0.15, 0.2) is 88.9 Å². The maximum Gasteiger partial charge on any atom is 0.294 e. The topological polar surface area (TPSA) is 114 Å². The molecule has 0 amide bonds. The first kappa shape index (κ1) is 26.5. The third-order valence-electron chi connectivity index (χ3n) is 5.00. The van der Waals surface area contributed by atoms with E-state index in [9.17, 15) is 16.8 Å². The van der Waals surface area contributed by atoms with Crippen LogP contribution in [0, 0.1) is 13.8 Å². The zero-order valence-electron chi connectivity index (χ0n) is 19.2. The monoisotopic (exact) mass is 530 g/mol. The van der Waals surface area contributed by atoms with Crippen molar-refractivity contribution in [3.8, 4) is 22.4 Å². The number of hydrogen-bond donors (Lipinski definition) is 1. The highest BCUT2D eigenvalue weighted by atomic mass is 35.5. The number of aryl methyl sites for hydroxylation is 2. The number of halogens is 1. The van der Waals surface area contributed by atoms with E-state index < -0.39 is 20.0 Å². The standard InChI is InChI=1S/C18H15ClN2O2S.C7H8O3S/c1-12-17(19)10-16(18(21-12)14-4-3-9-20-11-14)13-5-7-15(8-6-13)24(2,22)23;1-6-2-4-7(5-3-6)11(8,9)10/h3-11H,1-2H3;2-5H,1H3,(H,8,9,10). The summed E-state index contributed by atoms with van der Waals surface area (Å²) in [5, 5.41) is 0.560. The second kappa shape index (κ2) is 10.7. The van der Waals surface area contributed by atoms with E-state index in [1.807, 2.05) is 32.0 Å². The first-order chi connectivity index (χ1) is 16.4. The molecule has 4 aromatic rings. The Balaban J connectivity index is 0.000000261. The largest absolute Gasteiger partial charge is 0.294 e. The van der Waals surface area contributed by atoms with Gasteiger partial charge in [0.2, 0.25) is 0 Å². The molecule has 0 spiro atoms. The van der Waals surface area contributed by atoms with Crippen LogP contribution in [0.5, 0.6) is 0 Å². The molecule has 0 saturated carbocycles. The molecule has 4 rings (SSSR count). The van der Waals surface area contributed by atoms with Crippen molar-refractivity contribution in [1.29, 1.82) is 0 Å². The van der Waals surface area contributed by atoms with Crippen LogP contribution in [-0.4, -0.2) is 37.6 Å². The molecule has 0 unspecified atom stereocenters. The van der Waals surface area contributed by atoms with Crippen molar-refractivity contribution >= 4 is 31.6 Å². The molecule has 2 aromatic heterocycles. The Hall–Kier alpha value is -3.11. The van der Waals surface area contributed by atoms with Crippen LogP contribution in [0.25, 0.3) is 22.4 Å². The van der Waals surface area contributed by atoms with E-state index in [4.69, 9.17) is 16.2 Å². The van der Waals surface area contributed by atoms with Crippen molar-refractivity contribution in [2.24, 2.45) is 0 Å². The Kier molecular flexibility index (Phi) is 8.07. The highest BCUT2D eigenvalue weighted by molar-refractivity contribution is 7.90. The van der Waals surface area contributed by atoms with Crippen molar-refractivity contribution in [2.45, 2.75) is 23.6 Å². The summed E-state index contributed by atoms with van der Waals surface area (Å²) in [6.07, 6.45) is 4.63. The summed E-state index contributed by atoms with van der Waals surface area (Å²) in [5.74, 6) is 0. The van der Waals surface area contributed by atoms with Crippen molar-refractivity contribution < 1.29 is 21.4 Å². The number of nitrogens with zero attached hydrogens (tertiary/aromatic N) is 2. The van der Waals surface area contributed by atoms with Crippen LogP contribution < -0.4 is 0 Å². The molecule has 0 fully saturated rings. The quantitative estimate of drug-likeness (QED) is 0.350. The molecule has 0 radical (unpaired) electrons. The maximum absolute atomic E-state index is 11.6. The number of pyridine rings is 2. The van der Waals surface area contributed by atoms with E-state index in [2.05, 4.69) is 9.97 Å². The lowest BCUT2D eigenvalue weighted by Crippen LogP contribution is -1.97. The van der Waals surface area contributed by atoms with Gasteiger partial charge in [0.05, 0.1) is 26.2 Å². The maximum atomic E-state index is 11.6. The molecule has 0 aliphatic carbocycles. The average Bonchev–Trinajstić information content (AvgIpc) is 2.81. The highest BCUT2D eigenvalue weighted by Gasteiger charge is 2.14. The SMILES string of the molecule is Cc1ccc(S(=O)(=O)O)cc1.Cc1nc(-c2cccnc2)c(-c2ccc(S(C)(=O)=O)cc2)cc1Cl. The van der Waals surface area contributed by atoms with Crippen LogP contribution in [0.2, 0.25) is 5.02 Å². The van der Waals surface area contributed by atoms with Crippen LogP contribution in [0.4, 0.5) is 0 Å². The molecule has 35 heavy (non-hydrogen) atoms. The Morgan fingerprint density at radius 1 is 0.829 bits per heavy atom. The Morgan fingerprint density at radius 2 is 1.43 bits per heavy atom. The molecule has 7 nitrogen and oxygen atoms in total. The molecule has 1 N–H and O–H groups in total. The van der Waals surface area contributed by atoms with Gasteiger partial charge in [0, 0.05) is 29.8 Å². The minimum absolute atomic E-state index is 0.0666. The minimum atomic E-state index is -4.02. The van der Waals surface area contributed by atoms with Crippen molar-refractivity contribution in [3.63, 3.8) is 0 Å². The van der Waals surface area contributed by atoms with Gasteiger partial charge in [-0.2, -0.15) is 8.42 Å². The lowest BCUT2D eigenvalue weighted by atomic mass is 10.00. The van der Waals surface area contributed by atoms with Gasteiger partial charge < -0.3 is 0 Å². The van der Waals surface area contributed by atoms with Crippen LogP contribution in [-0.2, 0) is 20.0 Å². The molecule has 0 aliphatic heterocycles. The van der Waals surface area contributed by atoms with Gasteiger partial charge in [0.1, 0.15) is 0 Å². The molecular weight excluding hydrogens is 508 g/mol. The molecule has 0 aliphatic rings. The van der Waals surface area contributed by atoms with Crippen molar-refractivity contribution in [3.05, 3.63) is 95.4 Å². The molecule has 0 saturated heterocycles. The molecule has 0 atom stereocenters. The summed E-state index contributed by atoms with van der Waals surface area (Å²) in [6.45, 7) is 3.69. The number of rotatable bonds is 4. The van der Waals surface area contributed by atoms with E-state index in [-0.39, 0.29) is 9.79 Å². The van der Waals surface area contributed by atoms with E-state index >= 15 is 0 Å². The molecule has 10 heteroatoms. The normalized spacial score (nSPS) is 11.5. The van der Waals surface area contributed by atoms with Gasteiger partial charge >= 0.3 is 0 Å². The van der Waals surface area contributed by atoms with Gasteiger partial charge in [0.15, 0.2) is 9.84 Å². The van der Waals surface area contributed by atoms with Crippen molar-refractivity contribution in [2.75, 3.05) is 6.26 Å². The second-order valence-electron chi connectivity index (χ2n) is 7.78. The number of hydrogen-bond acceptors (Lipinski definition) is 6. The van der Waals surface area contributed by atoms with E-state index in [1.54, 1.807) is 48.8 Å². The lowest BCUT2D eigenvalue weighted by molar-refractivity contribution is 0.483. The fourth-order valence-electron chi connectivity index (χ4n) is 3.12. The minimum Gasteiger partial charge on any atom is -0.282 e. The number of benzene rings is 2. The van der Waals surface area contributed by atoms with E-state index in [0.29, 0.717) is 5.02 Å². The van der Waals surface area contributed by atoms with Crippen LogP contribution in [0.1, 0.15) is 11.3 Å². The molecule has 2 heterocycles. The Morgan fingerprint density at radius 3 is 1.94 bits per heavy atom. The molecule has 182 valence electrons. The fraction of sp³-hybridized carbons (Fsp3) is 0.120. The molecular formula is C25H23ClN2O5S2. The first-order valence-corrected chi connectivity index (χ1v) is 14.0. The zero-order chi connectivity index (χ0) is 25.8. The predicted octanol–water partition coefficient (Wildman–Crippen LogP) is 5.42. The zero-order valence-corrected chi connectivity index (χ0v) is 21.6.